The van der Waals surface area contributed by atoms with Crippen LogP contribution in [0.15, 0.2) is 127 Å². The Labute approximate surface area is 293 Å². The van der Waals surface area contributed by atoms with E-state index in [1.807, 2.05) is 116 Å². The van der Waals surface area contributed by atoms with Gasteiger partial charge in [-0.15, -0.1) is 0 Å². The minimum absolute atomic E-state index is 0.00320. The summed E-state index contributed by atoms with van der Waals surface area (Å²) in [5, 5.41) is 39.2. The summed E-state index contributed by atoms with van der Waals surface area (Å²) >= 11 is 0. The third kappa shape index (κ3) is 10.4. The molecule has 258 valence electrons. The van der Waals surface area contributed by atoms with Gasteiger partial charge in [-0.3, -0.25) is 9.59 Å². The van der Waals surface area contributed by atoms with Gasteiger partial charge in [-0.05, 0) is 64.4 Å². The fraction of sp³-hybridized carbons (Fsp3) is 0.238. The molecule has 50 heavy (non-hydrogen) atoms. The van der Waals surface area contributed by atoms with Crippen LogP contribution in [0.4, 0.5) is 0 Å². The average molecular weight is 672 g/mol. The number of amides is 2. The van der Waals surface area contributed by atoms with Gasteiger partial charge in [-0.2, -0.15) is 0 Å². The van der Waals surface area contributed by atoms with E-state index in [1.54, 1.807) is 12.1 Å². The molecule has 0 saturated carbocycles. The summed E-state index contributed by atoms with van der Waals surface area (Å²) in [5.74, 6) is -0.525. The van der Waals surface area contributed by atoms with Crippen molar-refractivity contribution in [1.29, 1.82) is 0 Å². The highest BCUT2D eigenvalue weighted by atomic mass is 16.3. The predicted molar refractivity (Wildman–Crippen MR) is 195 cm³/mol. The Hall–Kier alpha value is -5.28. The Morgan fingerprint density at radius 3 is 1.88 bits per heavy atom. The molecule has 5 rings (SSSR count). The summed E-state index contributed by atoms with van der Waals surface area (Å²) in [6.45, 7) is 2.85. The highest BCUT2D eigenvalue weighted by Crippen LogP contribution is 2.25. The lowest BCUT2D eigenvalue weighted by Crippen LogP contribution is -2.32. The molecule has 0 bridgehead atoms. The van der Waals surface area contributed by atoms with Gasteiger partial charge in [0, 0.05) is 31.2 Å². The lowest BCUT2D eigenvalue weighted by molar-refractivity contribution is -0.122. The fourth-order valence-electron chi connectivity index (χ4n) is 5.96. The highest BCUT2D eigenvalue weighted by Gasteiger charge is 2.22. The number of rotatable bonds is 16. The van der Waals surface area contributed by atoms with Crippen molar-refractivity contribution >= 4 is 11.8 Å². The highest BCUT2D eigenvalue weighted by molar-refractivity contribution is 5.87. The van der Waals surface area contributed by atoms with Crippen molar-refractivity contribution in [1.82, 2.24) is 16.0 Å². The summed E-state index contributed by atoms with van der Waals surface area (Å²) in [5.41, 5.74) is 6.83. The van der Waals surface area contributed by atoms with Crippen molar-refractivity contribution in [2.24, 2.45) is 0 Å². The van der Waals surface area contributed by atoms with E-state index in [0.717, 1.165) is 33.4 Å². The molecule has 8 nitrogen and oxygen atoms in total. The number of carbonyl (C=O) groups excluding carboxylic acids is 2. The van der Waals surface area contributed by atoms with Gasteiger partial charge >= 0.3 is 0 Å². The summed E-state index contributed by atoms with van der Waals surface area (Å²) in [7, 11) is 0. The van der Waals surface area contributed by atoms with E-state index >= 15 is 0 Å². The van der Waals surface area contributed by atoms with Gasteiger partial charge in [-0.25, -0.2) is 0 Å². The van der Waals surface area contributed by atoms with Crippen LogP contribution in [0.3, 0.4) is 0 Å². The van der Waals surface area contributed by atoms with Gasteiger partial charge in [0.15, 0.2) is 0 Å². The van der Waals surface area contributed by atoms with Crippen molar-refractivity contribution in [2.45, 2.75) is 57.5 Å². The van der Waals surface area contributed by atoms with Gasteiger partial charge in [0.05, 0.1) is 25.0 Å². The zero-order valence-corrected chi connectivity index (χ0v) is 28.3. The van der Waals surface area contributed by atoms with Crippen LogP contribution in [0.5, 0.6) is 5.75 Å². The number of phenols is 1. The van der Waals surface area contributed by atoms with Crippen molar-refractivity contribution in [3.05, 3.63) is 172 Å². The minimum atomic E-state index is -0.784. The first-order chi connectivity index (χ1) is 24.3. The van der Waals surface area contributed by atoms with E-state index in [4.69, 9.17) is 0 Å². The zero-order chi connectivity index (χ0) is 35.3. The largest absolute Gasteiger partial charge is 0.508 e. The Kier molecular flexibility index (Phi) is 12.9. The molecule has 0 saturated heterocycles. The first kappa shape index (κ1) is 36.0. The number of nitrogens with one attached hydrogen (secondary N) is 3. The van der Waals surface area contributed by atoms with Crippen LogP contribution in [0.1, 0.15) is 63.5 Å². The quantitative estimate of drug-likeness (QED) is 0.0828. The van der Waals surface area contributed by atoms with E-state index in [1.165, 1.54) is 6.07 Å². The van der Waals surface area contributed by atoms with Crippen LogP contribution in [-0.4, -0.2) is 39.7 Å². The Bertz CT molecular complexity index is 1790. The number of hydrogen-bond donors (Lipinski definition) is 6. The van der Waals surface area contributed by atoms with Crippen molar-refractivity contribution in [3.63, 3.8) is 0 Å². The molecule has 5 aromatic rings. The number of hydrogen-bond acceptors (Lipinski definition) is 6. The van der Waals surface area contributed by atoms with E-state index < -0.39 is 12.0 Å². The summed E-state index contributed by atoms with van der Waals surface area (Å²) in [4.78, 5) is 26.1. The molecular formula is C42H45N3O5. The lowest BCUT2D eigenvalue weighted by Gasteiger charge is -2.18. The standard InChI is InChI=1S/C42H45N3O5/c1-29(43-27-39(48)36-19-20-38(47)37(24-36)28-46)21-32-9-8-10-33(22-32)23-40(49)44-25-30-15-17-31(18-16-30)26-45-42(50)41(34-11-4-2-5-12-34)35-13-6-3-7-14-35/h2-20,22,24,29,39,41,43,46-48H,21,23,25-28H2,1H3,(H,44,49)(H,45,50)/t29-,39+/m1/s1. The van der Waals surface area contributed by atoms with Crippen LogP contribution in [-0.2, 0) is 42.1 Å². The second-order valence-electron chi connectivity index (χ2n) is 12.6. The number of benzene rings is 5. The van der Waals surface area contributed by atoms with Gasteiger partial charge in [-0.1, -0.05) is 115 Å². The maximum Gasteiger partial charge on any atom is 0.232 e. The van der Waals surface area contributed by atoms with Crippen molar-refractivity contribution in [3.8, 4) is 5.75 Å². The van der Waals surface area contributed by atoms with Crippen LogP contribution in [0.25, 0.3) is 0 Å². The zero-order valence-electron chi connectivity index (χ0n) is 28.3. The van der Waals surface area contributed by atoms with E-state index in [9.17, 15) is 24.9 Å². The molecule has 0 aliphatic carbocycles. The topological polar surface area (TPSA) is 131 Å². The summed E-state index contributed by atoms with van der Waals surface area (Å²) in [6, 6.07) is 40.2. The van der Waals surface area contributed by atoms with E-state index in [2.05, 4.69) is 16.0 Å². The van der Waals surface area contributed by atoms with Gasteiger partial charge in [0.2, 0.25) is 11.8 Å². The lowest BCUT2D eigenvalue weighted by atomic mass is 9.90. The Morgan fingerprint density at radius 1 is 0.660 bits per heavy atom. The number of aromatic hydroxyl groups is 1. The molecule has 0 heterocycles. The van der Waals surface area contributed by atoms with Gasteiger partial charge in [0.25, 0.3) is 0 Å². The molecule has 0 aromatic heterocycles. The third-order valence-corrected chi connectivity index (χ3v) is 8.72. The van der Waals surface area contributed by atoms with Gasteiger partial charge < -0.3 is 31.3 Å². The van der Waals surface area contributed by atoms with Crippen LogP contribution < -0.4 is 16.0 Å². The molecule has 2 atom stereocenters. The van der Waals surface area contributed by atoms with Crippen LogP contribution in [0, 0.1) is 0 Å². The average Bonchev–Trinajstić information content (AvgIpc) is 3.14. The normalized spacial score (nSPS) is 12.3. The van der Waals surface area contributed by atoms with E-state index in [0.29, 0.717) is 37.2 Å². The summed E-state index contributed by atoms with van der Waals surface area (Å²) < 4.78 is 0. The minimum Gasteiger partial charge on any atom is -0.508 e. The second kappa shape index (κ2) is 17.9. The molecule has 6 N–H and O–H groups in total. The Balaban J connectivity index is 1.06. The monoisotopic (exact) mass is 671 g/mol. The first-order valence-electron chi connectivity index (χ1n) is 16.9. The number of aliphatic hydroxyl groups excluding tert-OH is 2. The smallest absolute Gasteiger partial charge is 0.232 e. The molecule has 0 spiro atoms. The SMILES string of the molecule is C[C@H](Cc1cccc(CC(=O)NCc2ccc(CNC(=O)C(c3ccccc3)c3ccccc3)cc2)c1)NC[C@H](O)c1ccc(O)c(CO)c1. The predicted octanol–water partition coefficient (Wildman–Crippen LogP) is 5.45. The van der Waals surface area contributed by atoms with Gasteiger partial charge in [0.1, 0.15) is 5.75 Å². The Morgan fingerprint density at radius 2 is 1.26 bits per heavy atom. The molecule has 0 aliphatic rings. The van der Waals surface area contributed by atoms with Crippen molar-refractivity contribution < 1.29 is 24.9 Å². The number of carbonyl (C=O) groups is 2. The molecule has 8 heteroatoms. The number of aliphatic hydroxyl groups is 2. The molecule has 0 fully saturated rings. The molecule has 0 radical (unpaired) electrons. The van der Waals surface area contributed by atoms with Crippen LogP contribution >= 0.6 is 0 Å². The first-order valence-corrected chi connectivity index (χ1v) is 16.9. The fourth-order valence-corrected chi connectivity index (χ4v) is 5.96. The molecule has 2 amide bonds. The second-order valence-corrected chi connectivity index (χ2v) is 12.6. The molecule has 5 aromatic carbocycles. The maximum atomic E-state index is 13.3. The molecular weight excluding hydrogens is 626 g/mol. The third-order valence-electron chi connectivity index (χ3n) is 8.72. The van der Waals surface area contributed by atoms with Crippen molar-refractivity contribution in [2.75, 3.05) is 6.54 Å². The summed E-state index contributed by atoms with van der Waals surface area (Å²) in [6.07, 6.45) is 0.190. The molecule has 0 aliphatic heterocycles. The molecule has 0 unspecified atom stereocenters. The van der Waals surface area contributed by atoms with E-state index in [-0.39, 0.29) is 36.6 Å². The maximum absolute atomic E-state index is 13.3. The van der Waals surface area contributed by atoms with Crippen LogP contribution in [0.2, 0.25) is 0 Å².